The minimum Gasteiger partial charge on any atom is -0.387 e. The fourth-order valence-corrected chi connectivity index (χ4v) is 5.72. The van der Waals surface area contributed by atoms with Crippen LogP contribution in [0.4, 0.5) is 17.1 Å². The minimum atomic E-state index is -0.537. The lowest BCUT2D eigenvalue weighted by Crippen LogP contribution is -2.34. The molecule has 0 saturated carbocycles. The molecule has 1 aromatic heterocycles. The van der Waals surface area contributed by atoms with E-state index in [4.69, 9.17) is 23.2 Å². The van der Waals surface area contributed by atoms with E-state index in [1.807, 2.05) is 55.6 Å². The summed E-state index contributed by atoms with van der Waals surface area (Å²) < 4.78 is 0. The number of aromatic nitrogens is 1. The Balaban J connectivity index is 1.43. The Morgan fingerprint density at radius 1 is 1.17 bits per heavy atom. The number of aryl methyl sites for hydroxylation is 1. The third-order valence-electron chi connectivity index (χ3n) is 7.43. The number of aliphatic hydroxyl groups is 1. The smallest absolute Gasteiger partial charge is 0.248 e. The maximum atomic E-state index is 12.3. The van der Waals surface area contributed by atoms with Crippen molar-refractivity contribution >= 4 is 57.1 Å². The highest BCUT2D eigenvalue weighted by Gasteiger charge is 2.30. The molecule has 0 unspecified atom stereocenters. The molecule has 12 heteroatoms. The molecule has 0 saturated heterocycles. The number of nitrogens with zero attached hydrogens (tertiary/aromatic N) is 3. The second-order valence-electron chi connectivity index (χ2n) is 10.1. The van der Waals surface area contributed by atoms with Crippen molar-refractivity contribution in [1.82, 2.24) is 26.3 Å². The van der Waals surface area contributed by atoms with E-state index < -0.39 is 6.61 Å². The Kier molecular flexibility index (Phi) is 7.49. The van der Waals surface area contributed by atoms with Crippen molar-refractivity contribution in [3.05, 3.63) is 104 Å². The summed E-state index contributed by atoms with van der Waals surface area (Å²) in [5, 5.41) is 28.0. The lowest BCUT2D eigenvalue weighted by atomic mass is 9.95. The van der Waals surface area contributed by atoms with Crippen LogP contribution in [0.3, 0.4) is 0 Å². The first-order valence-electron chi connectivity index (χ1n) is 13.1. The molecule has 6 rings (SSSR count). The molecule has 42 heavy (non-hydrogen) atoms. The van der Waals surface area contributed by atoms with Crippen molar-refractivity contribution in [2.45, 2.75) is 26.1 Å². The number of benzene rings is 3. The second kappa shape index (κ2) is 11.4. The number of hydrazine groups is 2. The van der Waals surface area contributed by atoms with Gasteiger partial charge in [0, 0.05) is 47.3 Å². The van der Waals surface area contributed by atoms with Crippen molar-refractivity contribution < 1.29 is 9.90 Å². The molecule has 1 atom stereocenters. The third kappa shape index (κ3) is 5.15. The average molecular weight is 601 g/mol. The first-order valence-corrected chi connectivity index (χ1v) is 13.9. The average Bonchev–Trinajstić information content (AvgIpc) is 3.68. The van der Waals surface area contributed by atoms with Crippen molar-refractivity contribution in [1.29, 1.82) is 5.26 Å². The lowest BCUT2D eigenvalue weighted by Gasteiger charge is -2.24. The van der Waals surface area contributed by atoms with Gasteiger partial charge in [-0.25, -0.2) is 0 Å². The van der Waals surface area contributed by atoms with Crippen LogP contribution in [-0.4, -0.2) is 27.5 Å². The molecule has 10 nitrogen and oxygen atoms in total. The highest BCUT2D eigenvalue weighted by atomic mass is 35.5. The summed E-state index contributed by atoms with van der Waals surface area (Å²) in [6, 6.07) is 17.1. The number of anilines is 3. The zero-order valence-electron chi connectivity index (χ0n) is 22.4. The number of nitriles is 1. The molecule has 0 aliphatic carbocycles. The normalized spacial score (nSPS) is 14.5. The van der Waals surface area contributed by atoms with E-state index >= 15 is 0 Å². The van der Waals surface area contributed by atoms with E-state index in [1.54, 1.807) is 11.0 Å². The number of amides is 1. The molecule has 0 bridgehead atoms. The topological polar surface area (TPSA) is 137 Å². The number of halogens is 2. The number of carbonyl (C=O) groups is 1. The van der Waals surface area contributed by atoms with Crippen LogP contribution in [-0.2, 0) is 17.9 Å². The maximum absolute atomic E-state index is 12.3. The van der Waals surface area contributed by atoms with Gasteiger partial charge in [0.15, 0.2) is 0 Å². The van der Waals surface area contributed by atoms with Crippen molar-refractivity contribution in [3.63, 3.8) is 0 Å². The van der Waals surface area contributed by atoms with Crippen LogP contribution in [0.25, 0.3) is 10.9 Å². The molecule has 4 aromatic rings. The van der Waals surface area contributed by atoms with Gasteiger partial charge in [0.25, 0.3) is 0 Å². The number of carbonyl (C=O) groups excluding carboxylic acids is 1. The Hall–Kier alpha value is -4.53. The van der Waals surface area contributed by atoms with E-state index in [0.717, 1.165) is 33.6 Å². The number of pyridine rings is 1. The summed E-state index contributed by atoms with van der Waals surface area (Å²) >= 11 is 13.1. The number of aliphatic hydroxyl groups excluding tert-OH is 1. The van der Waals surface area contributed by atoms with Crippen LogP contribution >= 0.6 is 23.2 Å². The predicted octanol–water partition coefficient (Wildman–Crippen LogP) is 4.91. The highest BCUT2D eigenvalue weighted by molar-refractivity contribution is 6.36. The van der Waals surface area contributed by atoms with Gasteiger partial charge < -0.3 is 31.5 Å². The summed E-state index contributed by atoms with van der Waals surface area (Å²) in [7, 11) is 0. The second-order valence-corrected chi connectivity index (χ2v) is 10.9. The summed E-state index contributed by atoms with van der Waals surface area (Å²) in [4.78, 5) is 18.4. The van der Waals surface area contributed by atoms with Gasteiger partial charge in [0.2, 0.25) is 5.91 Å². The van der Waals surface area contributed by atoms with Gasteiger partial charge >= 0.3 is 0 Å². The number of hydrogen-bond donors (Lipinski definition) is 6. The lowest BCUT2D eigenvalue weighted by molar-refractivity contribution is -0.134. The van der Waals surface area contributed by atoms with Gasteiger partial charge in [-0.3, -0.25) is 9.78 Å². The third-order valence-corrected chi connectivity index (χ3v) is 8.13. The molecule has 1 amide bonds. The molecule has 3 heterocycles. The van der Waals surface area contributed by atoms with Crippen molar-refractivity contribution in [2.75, 3.05) is 17.2 Å². The quantitative estimate of drug-likeness (QED) is 0.175. The fraction of sp³-hybridized carbons (Fsp3) is 0.167. The van der Waals surface area contributed by atoms with Gasteiger partial charge in [-0.1, -0.05) is 47.5 Å². The monoisotopic (exact) mass is 600 g/mol. The summed E-state index contributed by atoms with van der Waals surface area (Å²) in [5.41, 5.74) is 16.6. The fourth-order valence-electron chi connectivity index (χ4n) is 5.28. The summed E-state index contributed by atoms with van der Waals surface area (Å²) in [5.74, 6) is -0.319. The number of nitrogens with one attached hydrogen (secondary N) is 5. The van der Waals surface area contributed by atoms with Crippen molar-refractivity contribution in [2.24, 2.45) is 0 Å². The van der Waals surface area contributed by atoms with Gasteiger partial charge in [0.1, 0.15) is 12.7 Å². The first-order chi connectivity index (χ1) is 20.4. The Bertz CT molecular complexity index is 1800. The zero-order chi connectivity index (χ0) is 29.4. The summed E-state index contributed by atoms with van der Waals surface area (Å²) in [6.07, 6.45) is 3.31. The van der Waals surface area contributed by atoms with Crippen LogP contribution in [0.1, 0.15) is 33.9 Å². The number of fused-ring (bicyclic) bond motifs is 2. The molecule has 2 aliphatic rings. The van der Waals surface area contributed by atoms with Crippen LogP contribution in [0.5, 0.6) is 0 Å². The van der Waals surface area contributed by atoms with Crippen LogP contribution < -0.4 is 27.0 Å². The largest absolute Gasteiger partial charge is 0.387 e. The van der Waals surface area contributed by atoms with Gasteiger partial charge in [0.05, 0.1) is 33.5 Å². The van der Waals surface area contributed by atoms with E-state index in [2.05, 4.69) is 38.1 Å². The van der Waals surface area contributed by atoms with Crippen molar-refractivity contribution in [3.8, 4) is 6.07 Å². The van der Waals surface area contributed by atoms with Crippen LogP contribution in [0.15, 0.2) is 66.6 Å². The molecule has 3 aromatic carbocycles. The van der Waals surface area contributed by atoms with Gasteiger partial charge in [-0.05, 0) is 53.4 Å². The van der Waals surface area contributed by atoms with E-state index in [0.29, 0.717) is 51.0 Å². The maximum Gasteiger partial charge on any atom is 0.248 e. The molecule has 0 fully saturated rings. The molecule has 0 spiro atoms. The standard InChI is InChI=1S/C30H26Cl2N8O2/c1-16-5-6-19(8-24(16)31)36-28-18(10-33)11-34-29-22(28)7-20(9-25(29)32)37-30(26-12-35-39-38-26)21-4-2-3-17-13-40(14-23(17)21)27(42)15-41/h2-9,11-12,30,35,37-39,41H,13-15H2,1H3,(H,34,36)/t30-/m0/s1. The highest BCUT2D eigenvalue weighted by Crippen LogP contribution is 2.39. The van der Waals surface area contributed by atoms with E-state index in [1.165, 1.54) is 6.20 Å². The van der Waals surface area contributed by atoms with Crippen LogP contribution in [0, 0.1) is 18.3 Å². The molecule has 2 aliphatic heterocycles. The molecular formula is C30H26Cl2N8O2. The SMILES string of the molecule is Cc1ccc(Nc2c(C#N)cnc3c(Cl)cc(N[C@H](C4=CNNN4)c4cccc5c4CN(C(=O)CO)C5)cc23)cc1Cl. The first kappa shape index (κ1) is 27.6. The number of hydrogen-bond acceptors (Lipinski definition) is 9. The molecule has 6 N–H and O–H groups in total. The zero-order valence-corrected chi connectivity index (χ0v) is 23.9. The van der Waals surface area contributed by atoms with Crippen LogP contribution in [0.2, 0.25) is 10.0 Å². The molecule has 212 valence electrons. The van der Waals surface area contributed by atoms with E-state index in [-0.39, 0.29) is 11.9 Å². The Morgan fingerprint density at radius 3 is 2.74 bits per heavy atom. The predicted molar refractivity (Wildman–Crippen MR) is 163 cm³/mol. The van der Waals surface area contributed by atoms with Gasteiger partial charge in [-0.2, -0.15) is 10.8 Å². The Morgan fingerprint density at radius 2 is 2.00 bits per heavy atom. The summed E-state index contributed by atoms with van der Waals surface area (Å²) in [6.45, 7) is 2.21. The Labute approximate surface area is 251 Å². The minimum absolute atomic E-state index is 0.319. The molecular weight excluding hydrogens is 575 g/mol. The molecule has 0 radical (unpaired) electrons. The van der Waals surface area contributed by atoms with E-state index in [9.17, 15) is 15.2 Å². The number of rotatable bonds is 7. The van der Waals surface area contributed by atoms with Gasteiger partial charge in [-0.15, -0.1) is 0 Å².